The van der Waals surface area contributed by atoms with Gasteiger partial charge in [0.15, 0.2) is 0 Å². The molecule has 1 nitrogen and oxygen atoms in total. The third kappa shape index (κ3) is 1.16. The summed E-state index contributed by atoms with van der Waals surface area (Å²) >= 11 is 0. The average molecular weight is 185 g/mol. The van der Waals surface area contributed by atoms with Gasteiger partial charge in [-0.15, -0.1) is 0 Å². The van der Waals surface area contributed by atoms with Crippen LogP contribution in [0.15, 0.2) is 30.5 Å². The number of rotatable bonds is 0. The van der Waals surface area contributed by atoms with Gasteiger partial charge < -0.3 is 4.57 Å². The molecule has 0 saturated carbocycles. The molecule has 0 unspecified atom stereocenters. The molecule has 14 heavy (non-hydrogen) atoms. The van der Waals surface area contributed by atoms with E-state index in [0.29, 0.717) is 0 Å². The molecule has 0 spiro atoms. The van der Waals surface area contributed by atoms with E-state index in [1.165, 1.54) is 48.7 Å². The number of aromatic nitrogens is 1. The highest BCUT2D eigenvalue weighted by Gasteiger charge is 2.08. The lowest BCUT2D eigenvalue weighted by Gasteiger charge is -2.13. The lowest BCUT2D eigenvalue weighted by molar-refractivity contribution is 0.585. The van der Waals surface area contributed by atoms with Crippen LogP contribution >= 0.6 is 0 Å². The van der Waals surface area contributed by atoms with Crippen molar-refractivity contribution in [2.75, 3.05) is 0 Å². The molecule has 0 bridgehead atoms. The van der Waals surface area contributed by atoms with E-state index in [1.807, 2.05) is 0 Å². The Balaban J connectivity index is 2.28. The first kappa shape index (κ1) is 8.10. The third-order valence-electron chi connectivity index (χ3n) is 3.22. The zero-order valence-electron chi connectivity index (χ0n) is 8.37. The summed E-state index contributed by atoms with van der Waals surface area (Å²) in [6, 6.07) is 8.93. The molecule has 1 aliphatic rings. The summed E-state index contributed by atoms with van der Waals surface area (Å²) in [4.78, 5) is 0. The number of benzene rings is 1. The van der Waals surface area contributed by atoms with Gasteiger partial charge in [0.2, 0.25) is 0 Å². The van der Waals surface area contributed by atoms with Crippen LogP contribution in [0.25, 0.3) is 10.9 Å². The quantitative estimate of drug-likeness (QED) is 0.593. The molecule has 0 saturated heterocycles. The van der Waals surface area contributed by atoms with Gasteiger partial charge in [-0.1, -0.05) is 24.6 Å². The summed E-state index contributed by atoms with van der Waals surface area (Å²) in [6.45, 7) is 1.19. The zero-order chi connectivity index (χ0) is 9.38. The minimum absolute atomic E-state index is 1.19. The molecule has 0 fully saturated rings. The second-order valence-corrected chi connectivity index (χ2v) is 4.17. The highest BCUT2D eigenvalue weighted by molar-refractivity contribution is 5.83. The van der Waals surface area contributed by atoms with Crippen LogP contribution in [0.2, 0.25) is 0 Å². The van der Waals surface area contributed by atoms with Crippen LogP contribution in [0.1, 0.15) is 24.8 Å². The van der Waals surface area contributed by atoms with E-state index in [2.05, 4.69) is 35.0 Å². The maximum Gasteiger partial charge on any atom is 0.0512 e. The second kappa shape index (κ2) is 3.16. The van der Waals surface area contributed by atoms with Crippen LogP contribution in [0.5, 0.6) is 0 Å². The van der Waals surface area contributed by atoms with Crippen LogP contribution in [0.4, 0.5) is 0 Å². The van der Waals surface area contributed by atoms with Crippen molar-refractivity contribution in [1.82, 2.24) is 4.57 Å². The van der Waals surface area contributed by atoms with Crippen molar-refractivity contribution in [3.63, 3.8) is 0 Å². The Labute approximate surface area is 84.4 Å². The topological polar surface area (TPSA) is 4.93 Å². The summed E-state index contributed by atoms with van der Waals surface area (Å²) in [7, 11) is 0. The Bertz CT molecular complexity index is 453. The number of nitrogens with zero attached hydrogens (tertiary/aromatic N) is 1. The normalized spacial score (nSPS) is 16.6. The van der Waals surface area contributed by atoms with Gasteiger partial charge in [0.05, 0.1) is 5.52 Å². The minimum atomic E-state index is 1.19. The molecule has 0 N–H and O–H groups in total. The Morgan fingerprint density at radius 2 is 2.00 bits per heavy atom. The first-order valence-electron chi connectivity index (χ1n) is 5.52. The van der Waals surface area contributed by atoms with E-state index >= 15 is 0 Å². The van der Waals surface area contributed by atoms with E-state index in [1.54, 1.807) is 0 Å². The highest BCUT2D eigenvalue weighted by atomic mass is 15.0. The molecule has 0 atom stereocenters. The molecule has 1 aliphatic heterocycles. The van der Waals surface area contributed by atoms with Crippen LogP contribution in [0, 0.1) is 0 Å². The predicted octanol–water partition coefficient (Wildman–Crippen LogP) is 3.37. The van der Waals surface area contributed by atoms with Crippen LogP contribution in [-0.2, 0) is 13.0 Å². The van der Waals surface area contributed by atoms with Gasteiger partial charge in [-0.25, -0.2) is 0 Å². The van der Waals surface area contributed by atoms with E-state index < -0.39 is 0 Å². The molecule has 0 amide bonds. The van der Waals surface area contributed by atoms with Crippen molar-refractivity contribution >= 4 is 10.9 Å². The van der Waals surface area contributed by atoms with Crippen LogP contribution in [0.3, 0.4) is 0 Å². The monoisotopic (exact) mass is 185 g/mol. The fourth-order valence-corrected chi connectivity index (χ4v) is 2.50. The molecule has 1 aromatic carbocycles. The first-order chi connectivity index (χ1) is 6.95. The van der Waals surface area contributed by atoms with E-state index in [9.17, 15) is 0 Å². The Morgan fingerprint density at radius 1 is 1.00 bits per heavy atom. The molecule has 0 aliphatic carbocycles. The fourth-order valence-electron chi connectivity index (χ4n) is 2.50. The number of hydrogen-bond donors (Lipinski definition) is 0. The number of para-hydroxylation sites is 1. The lowest BCUT2D eigenvalue weighted by atomic mass is 10.0. The summed E-state index contributed by atoms with van der Waals surface area (Å²) in [6.07, 6.45) is 7.54. The summed E-state index contributed by atoms with van der Waals surface area (Å²) in [5.41, 5.74) is 3.01. The average Bonchev–Trinajstić information content (AvgIpc) is 2.57. The van der Waals surface area contributed by atoms with Crippen molar-refractivity contribution in [2.24, 2.45) is 0 Å². The molecule has 1 aromatic heterocycles. The SMILES string of the molecule is c1cc2c3c(c1)ccn3CCCCC2. The molecule has 2 heterocycles. The minimum Gasteiger partial charge on any atom is -0.347 e. The lowest BCUT2D eigenvalue weighted by Crippen LogP contribution is -2.02. The van der Waals surface area contributed by atoms with Crippen molar-refractivity contribution in [1.29, 1.82) is 0 Å². The maximum absolute atomic E-state index is 2.42. The van der Waals surface area contributed by atoms with Gasteiger partial charge in [-0.05, 0) is 36.3 Å². The first-order valence-corrected chi connectivity index (χ1v) is 5.52. The molecule has 2 aromatic rings. The molecule has 3 rings (SSSR count). The van der Waals surface area contributed by atoms with E-state index in [0.717, 1.165) is 0 Å². The molecular weight excluding hydrogens is 170 g/mol. The van der Waals surface area contributed by atoms with Crippen molar-refractivity contribution < 1.29 is 0 Å². The summed E-state index contributed by atoms with van der Waals surface area (Å²) in [5, 5.41) is 1.41. The largest absolute Gasteiger partial charge is 0.347 e. The van der Waals surface area contributed by atoms with Gasteiger partial charge >= 0.3 is 0 Å². The van der Waals surface area contributed by atoms with E-state index in [4.69, 9.17) is 0 Å². The van der Waals surface area contributed by atoms with Gasteiger partial charge in [0, 0.05) is 12.7 Å². The van der Waals surface area contributed by atoms with Gasteiger partial charge in [0.25, 0.3) is 0 Å². The van der Waals surface area contributed by atoms with Gasteiger partial charge in [0.1, 0.15) is 0 Å². The van der Waals surface area contributed by atoms with Crippen molar-refractivity contribution in [2.45, 2.75) is 32.2 Å². The van der Waals surface area contributed by atoms with Gasteiger partial charge in [-0.3, -0.25) is 0 Å². The Morgan fingerprint density at radius 3 is 3.00 bits per heavy atom. The second-order valence-electron chi connectivity index (χ2n) is 4.17. The van der Waals surface area contributed by atoms with Crippen molar-refractivity contribution in [3.05, 3.63) is 36.0 Å². The zero-order valence-corrected chi connectivity index (χ0v) is 8.37. The third-order valence-corrected chi connectivity index (χ3v) is 3.22. The number of hydrogen-bond acceptors (Lipinski definition) is 0. The van der Waals surface area contributed by atoms with Gasteiger partial charge in [-0.2, -0.15) is 0 Å². The predicted molar refractivity (Wildman–Crippen MR) is 59.5 cm³/mol. The molecule has 0 radical (unpaired) electrons. The molecule has 1 heteroatoms. The van der Waals surface area contributed by atoms with Crippen LogP contribution in [-0.4, -0.2) is 4.57 Å². The Kier molecular flexibility index (Phi) is 1.83. The highest BCUT2D eigenvalue weighted by Crippen LogP contribution is 2.24. The summed E-state index contributed by atoms with van der Waals surface area (Å²) < 4.78 is 2.42. The molecule has 72 valence electrons. The number of aryl methyl sites for hydroxylation is 2. The van der Waals surface area contributed by atoms with Crippen molar-refractivity contribution in [3.8, 4) is 0 Å². The fraction of sp³-hybridized carbons (Fsp3) is 0.385. The Hall–Kier alpha value is -1.24. The standard InChI is InChI=1S/C13H15N/c1-2-5-11-6-4-7-12-8-10-14(9-3-1)13(11)12/h4,6-8,10H,1-3,5,9H2. The molecular formula is C13H15N. The smallest absolute Gasteiger partial charge is 0.0512 e. The van der Waals surface area contributed by atoms with Crippen LogP contribution < -0.4 is 0 Å². The maximum atomic E-state index is 2.42. The summed E-state index contributed by atoms with van der Waals surface area (Å²) in [5.74, 6) is 0. The van der Waals surface area contributed by atoms with E-state index in [-0.39, 0.29) is 0 Å².